The van der Waals surface area contributed by atoms with Crippen molar-refractivity contribution < 1.29 is 0 Å². The molecule has 0 bridgehead atoms. The van der Waals surface area contributed by atoms with Gasteiger partial charge in [0.1, 0.15) is 0 Å². The SMILES string of the molecule is CC1(C)C(N=Cn2c3ccc4ccccc4c3c3c4c5ccccc5c5ccccc5c4ccc32)=C(C(=N)c2cccc3sc4ccccc4c23)c2ccccc21. The molecule has 12 rings (SSSR count). The Hall–Kier alpha value is -6.88. The lowest BCUT2D eigenvalue weighted by atomic mass is 9.85. The lowest BCUT2D eigenvalue weighted by molar-refractivity contribution is 0.632. The van der Waals surface area contributed by atoms with Gasteiger partial charge in [-0.15, -0.1) is 11.3 Å². The van der Waals surface area contributed by atoms with Gasteiger partial charge in [0, 0.05) is 52.9 Å². The van der Waals surface area contributed by atoms with Crippen LogP contribution in [-0.2, 0) is 5.41 Å². The van der Waals surface area contributed by atoms with E-state index in [1.807, 2.05) is 6.34 Å². The Morgan fingerprint density at radius 2 is 1.12 bits per heavy atom. The number of thiophene rings is 1. The zero-order valence-electron chi connectivity index (χ0n) is 31.5. The van der Waals surface area contributed by atoms with Crippen molar-refractivity contribution in [3.63, 3.8) is 0 Å². The van der Waals surface area contributed by atoms with Crippen molar-refractivity contribution in [1.29, 1.82) is 5.41 Å². The first-order valence-corrected chi connectivity index (χ1v) is 20.4. The van der Waals surface area contributed by atoms with E-state index >= 15 is 0 Å². The van der Waals surface area contributed by atoms with Crippen LogP contribution in [0.2, 0.25) is 0 Å². The quantitative estimate of drug-likeness (QED) is 0.106. The molecule has 0 saturated carbocycles. The smallest absolute Gasteiger partial charge is 0.0999 e. The standard InChI is InChI=1S/C53H35N3S/c1-53(2)41-23-11-9-20-38(41)49(51(54)40-22-13-25-45-46(40)39-21-10-12-24-44(39)57-45)52(53)55-30-56-42-28-26-31-14-3-4-15-32(31)48(42)50-43(56)29-27-37-35-18-6-5-16-33(35)34-17-7-8-19-36(34)47(37)50/h3-30,54H,1-2H3. The maximum Gasteiger partial charge on any atom is 0.0999 e. The van der Waals surface area contributed by atoms with E-state index in [-0.39, 0.29) is 0 Å². The molecule has 9 aromatic carbocycles. The number of nitrogens with one attached hydrogen (secondary N) is 1. The molecule has 0 radical (unpaired) electrons. The van der Waals surface area contributed by atoms with E-state index in [1.165, 1.54) is 74.2 Å². The van der Waals surface area contributed by atoms with E-state index in [2.05, 4.69) is 182 Å². The number of fused-ring (bicyclic) bond motifs is 16. The summed E-state index contributed by atoms with van der Waals surface area (Å²) in [5.41, 5.74) is 7.29. The second-order valence-corrected chi connectivity index (χ2v) is 16.9. The average molecular weight is 746 g/mol. The first-order chi connectivity index (χ1) is 28.0. The van der Waals surface area contributed by atoms with Gasteiger partial charge in [0.15, 0.2) is 0 Å². The van der Waals surface area contributed by atoms with E-state index in [1.54, 1.807) is 11.3 Å². The van der Waals surface area contributed by atoms with Crippen LogP contribution >= 0.6 is 11.3 Å². The summed E-state index contributed by atoms with van der Waals surface area (Å²) in [7, 11) is 0. The van der Waals surface area contributed by atoms with Crippen LogP contribution in [0.3, 0.4) is 0 Å². The highest BCUT2D eigenvalue weighted by Crippen LogP contribution is 2.49. The maximum absolute atomic E-state index is 10.1. The minimum Gasteiger partial charge on any atom is -0.300 e. The molecule has 0 amide bonds. The number of aliphatic imine (C=N–C) groups is 1. The Bertz CT molecular complexity index is 3600. The van der Waals surface area contributed by atoms with Gasteiger partial charge >= 0.3 is 0 Å². The van der Waals surface area contributed by atoms with Crippen LogP contribution in [0.15, 0.2) is 174 Å². The Balaban J connectivity index is 1.17. The molecule has 2 heterocycles. The third-order valence-corrected chi connectivity index (χ3v) is 13.6. The number of hydrogen-bond acceptors (Lipinski definition) is 3. The molecule has 268 valence electrons. The monoisotopic (exact) mass is 745 g/mol. The van der Waals surface area contributed by atoms with E-state index < -0.39 is 5.41 Å². The summed E-state index contributed by atoms with van der Waals surface area (Å²) < 4.78 is 4.72. The van der Waals surface area contributed by atoms with E-state index in [0.717, 1.165) is 38.8 Å². The molecule has 3 nitrogen and oxygen atoms in total. The molecular formula is C53H35N3S. The average Bonchev–Trinajstić information content (AvgIpc) is 3.87. The summed E-state index contributed by atoms with van der Waals surface area (Å²) >= 11 is 1.79. The molecule has 0 fully saturated rings. The second kappa shape index (κ2) is 11.8. The molecule has 4 heteroatoms. The highest BCUT2D eigenvalue weighted by molar-refractivity contribution is 7.25. The second-order valence-electron chi connectivity index (χ2n) is 15.8. The lowest BCUT2D eigenvalue weighted by Gasteiger charge is -2.22. The van der Waals surface area contributed by atoms with Gasteiger partial charge < -0.3 is 0 Å². The summed E-state index contributed by atoms with van der Waals surface area (Å²) in [5, 5.41) is 24.9. The van der Waals surface area contributed by atoms with Crippen molar-refractivity contribution >= 4 is 114 Å². The predicted octanol–water partition coefficient (Wildman–Crippen LogP) is 14.4. The van der Waals surface area contributed by atoms with Crippen LogP contribution in [0.4, 0.5) is 0 Å². The molecule has 0 aliphatic heterocycles. The van der Waals surface area contributed by atoms with Crippen molar-refractivity contribution in [2.24, 2.45) is 4.99 Å². The summed E-state index contributed by atoms with van der Waals surface area (Å²) in [6.45, 7) is 4.51. The third-order valence-electron chi connectivity index (χ3n) is 12.5. The van der Waals surface area contributed by atoms with Crippen molar-refractivity contribution in [1.82, 2.24) is 4.57 Å². The van der Waals surface area contributed by atoms with E-state index in [0.29, 0.717) is 5.71 Å². The third kappa shape index (κ3) is 4.42. The van der Waals surface area contributed by atoms with Gasteiger partial charge in [0.05, 0.1) is 28.8 Å². The van der Waals surface area contributed by atoms with Crippen molar-refractivity contribution in [3.8, 4) is 0 Å². The zero-order chi connectivity index (χ0) is 38.0. The minimum absolute atomic E-state index is 0.438. The number of aromatic nitrogens is 1. The molecule has 1 N–H and O–H groups in total. The molecule has 0 unspecified atom stereocenters. The van der Waals surface area contributed by atoms with Crippen LogP contribution < -0.4 is 0 Å². The van der Waals surface area contributed by atoms with Gasteiger partial charge in [-0.1, -0.05) is 153 Å². The summed E-state index contributed by atoms with van der Waals surface area (Å²) in [6.07, 6.45) is 2.03. The van der Waals surface area contributed by atoms with Gasteiger partial charge in [0.2, 0.25) is 0 Å². The van der Waals surface area contributed by atoms with Crippen LogP contribution in [0.5, 0.6) is 0 Å². The Morgan fingerprint density at radius 1 is 0.526 bits per heavy atom. The molecular weight excluding hydrogens is 711 g/mol. The normalized spacial score (nSPS) is 14.2. The van der Waals surface area contributed by atoms with Gasteiger partial charge in [-0.2, -0.15) is 0 Å². The summed E-state index contributed by atoms with van der Waals surface area (Å²) in [6, 6.07) is 59.0. The summed E-state index contributed by atoms with van der Waals surface area (Å²) in [4.78, 5) is 5.54. The number of hydrogen-bond donors (Lipinski definition) is 1. The number of benzene rings is 9. The molecule has 0 spiro atoms. The fourth-order valence-corrected chi connectivity index (χ4v) is 11.1. The fourth-order valence-electron chi connectivity index (χ4n) is 9.94. The van der Waals surface area contributed by atoms with Crippen LogP contribution in [-0.4, -0.2) is 16.6 Å². The summed E-state index contributed by atoms with van der Waals surface area (Å²) in [5.74, 6) is 0. The maximum atomic E-state index is 10.1. The first-order valence-electron chi connectivity index (χ1n) is 19.5. The van der Waals surface area contributed by atoms with Crippen LogP contribution in [0.1, 0.15) is 30.5 Å². The van der Waals surface area contributed by atoms with E-state index in [9.17, 15) is 5.41 Å². The molecule has 2 aromatic heterocycles. The number of rotatable bonds is 4. The van der Waals surface area contributed by atoms with Crippen molar-refractivity contribution in [2.75, 3.05) is 0 Å². The highest BCUT2D eigenvalue weighted by Gasteiger charge is 2.40. The van der Waals surface area contributed by atoms with Crippen LogP contribution in [0.25, 0.3) is 90.6 Å². The predicted molar refractivity (Wildman–Crippen MR) is 246 cm³/mol. The fraction of sp³-hybridized carbons (Fsp3) is 0.0566. The Kier molecular flexibility index (Phi) is 6.71. The van der Waals surface area contributed by atoms with Gasteiger partial charge in [-0.25, -0.2) is 4.99 Å². The Morgan fingerprint density at radius 3 is 1.93 bits per heavy atom. The number of nitrogens with zero attached hydrogens (tertiary/aromatic N) is 2. The largest absolute Gasteiger partial charge is 0.300 e. The molecule has 1 aliphatic rings. The minimum atomic E-state index is -0.438. The van der Waals surface area contributed by atoms with Gasteiger partial charge in [-0.3, -0.25) is 9.98 Å². The molecule has 0 saturated heterocycles. The molecule has 1 aliphatic carbocycles. The van der Waals surface area contributed by atoms with Crippen molar-refractivity contribution in [2.45, 2.75) is 19.3 Å². The van der Waals surface area contributed by atoms with Crippen LogP contribution in [0, 0.1) is 5.41 Å². The molecule has 11 aromatic rings. The highest BCUT2D eigenvalue weighted by atomic mass is 32.1. The first kappa shape index (κ1) is 32.4. The van der Waals surface area contributed by atoms with Gasteiger partial charge in [0.25, 0.3) is 0 Å². The molecule has 0 atom stereocenters. The van der Waals surface area contributed by atoms with Crippen molar-refractivity contribution in [3.05, 3.63) is 186 Å². The topological polar surface area (TPSA) is 41.1 Å². The van der Waals surface area contributed by atoms with E-state index in [4.69, 9.17) is 4.99 Å². The lowest BCUT2D eigenvalue weighted by Crippen LogP contribution is -2.17. The Labute approximate surface area is 332 Å². The number of allylic oxidation sites excluding steroid dienone is 2. The molecule has 57 heavy (non-hydrogen) atoms. The van der Waals surface area contributed by atoms with Gasteiger partial charge in [-0.05, 0) is 73.1 Å². The zero-order valence-corrected chi connectivity index (χ0v) is 32.3.